The molecule has 1 aromatic heterocycles. The standard InChI is InChI=1S/C14H17N3/c1-11-4-6-13(7-5-11)17-10-12-3-2-8-16-14(12)9-15/h2-8,17H,9-10,15H2,1H3. The molecule has 0 saturated heterocycles. The molecule has 2 aromatic rings. The molecule has 0 amide bonds. The number of nitrogens with zero attached hydrogens (tertiary/aromatic N) is 1. The van der Waals surface area contributed by atoms with Gasteiger partial charge in [0.05, 0.1) is 5.69 Å². The number of hydrogen-bond acceptors (Lipinski definition) is 3. The molecule has 0 atom stereocenters. The molecular formula is C14H17N3. The lowest BCUT2D eigenvalue weighted by atomic mass is 10.2. The number of hydrogen-bond donors (Lipinski definition) is 2. The second-order valence-electron chi connectivity index (χ2n) is 4.03. The van der Waals surface area contributed by atoms with Crippen LogP contribution in [0.25, 0.3) is 0 Å². The van der Waals surface area contributed by atoms with Crippen molar-refractivity contribution >= 4 is 5.69 Å². The molecule has 0 unspecified atom stereocenters. The average Bonchev–Trinajstić information content (AvgIpc) is 2.38. The van der Waals surface area contributed by atoms with Gasteiger partial charge < -0.3 is 11.1 Å². The summed E-state index contributed by atoms with van der Waals surface area (Å²) in [5.74, 6) is 0. The van der Waals surface area contributed by atoms with Crippen LogP contribution in [0.15, 0.2) is 42.6 Å². The molecule has 3 nitrogen and oxygen atoms in total. The van der Waals surface area contributed by atoms with Gasteiger partial charge in [0, 0.05) is 25.0 Å². The van der Waals surface area contributed by atoms with Crippen molar-refractivity contribution in [2.45, 2.75) is 20.0 Å². The van der Waals surface area contributed by atoms with Crippen LogP contribution in [0.2, 0.25) is 0 Å². The van der Waals surface area contributed by atoms with E-state index in [0.717, 1.165) is 23.5 Å². The molecular weight excluding hydrogens is 210 g/mol. The van der Waals surface area contributed by atoms with Crippen LogP contribution in [-0.4, -0.2) is 4.98 Å². The minimum atomic E-state index is 0.478. The second kappa shape index (κ2) is 5.46. The van der Waals surface area contributed by atoms with Crippen molar-refractivity contribution in [2.24, 2.45) is 5.73 Å². The first kappa shape index (κ1) is 11.6. The van der Waals surface area contributed by atoms with Crippen LogP contribution >= 0.6 is 0 Å². The third-order valence-corrected chi connectivity index (χ3v) is 2.71. The number of aryl methyl sites for hydroxylation is 1. The monoisotopic (exact) mass is 227 g/mol. The van der Waals surface area contributed by atoms with Gasteiger partial charge in [-0.05, 0) is 30.7 Å². The molecule has 0 aliphatic heterocycles. The van der Waals surface area contributed by atoms with Crippen molar-refractivity contribution in [3.05, 3.63) is 59.4 Å². The lowest BCUT2D eigenvalue weighted by Crippen LogP contribution is -2.08. The molecule has 2 rings (SSSR count). The SMILES string of the molecule is Cc1ccc(NCc2cccnc2CN)cc1. The number of nitrogens with two attached hydrogens (primary N) is 1. The summed E-state index contributed by atoms with van der Waals surface area (Å²) in [4.78, 5) is 4.26. The van der Waals surface area contributed by atoms with Crippen molar-refractivity contribution in [1.82, 2.24) is 4.98 Å². The molecule has 0 aliphatic rings. The number of pyridine rings is 1. The minimum absolute atomic E-state index is 0.478. The molecule has 0 aliphatic carbocycles. The van der Waals surface area contributed by atoms with E-state index < -0.39 is 0 Å². The Kier molecular flexibility index (Phi) is 3.73. The number of nitrogens with one attached hydrogen (secondary N) is 1. The summed E-state index contributed by atoms with van der Waals surface area (Å²) in [6.07, 6.45) is 1.78. The second-order valence-corrected chi connectivity index (χ2v) is 4.03. The Morgan fingerprint density at radius 1 is 1.18 bits per heavy atom. The van der Waals surface area contributed by atoms with Crippen LogP contribution in [-0.2, 0) is 13.1 Å². The van der Waals surface area contributed by atoms with E-state index in [0.29, 0.717) is 6.54 Å². The van der Waals surface area contributed by atoms with Gasteiger partial charge in [-0.2, -0.15) is 0 Å². The summed E-state index contributed by atoms with van der Waals surface area (Å²) in [5.41, 5.74) is 10.1. The maximum Gasteiger partial charge on any atom is 0.0589 e. The molecule has 0 radical (unpaired) electrons. The first-order valence-corrected chi connectivity index (χ1v) is 5.73. The van der Waals surface area contributed by atoms with E-state index >= 15 is 0 Å². The zero-order valence-electron chi connectivity index (χ0n) is 9.98. The van der Waals surface area contributed by atoms with Gasteiger partial charge in [-0.25, -0.2) is 0 Å². The molecule has 1 aromatic carbocycles. The Hall–Kier alpha value is -1.87. The van der Waals surface area contributed by atoms with Crippen molar-refractivity contribution in [2.75, 3.05) is 5.32 Å². The van der Waals surface area contributed by atoms with Gasteiger partial charge in [0.25, 0.3) is 0 Å². The number of aromatic nitrogens is 1. The summed E-state index contributed by atoms with van der Waals surface area (Å²) in [6.45, 7) is 3.31. The zero-order chi connectivity index (χ0) is 12.1. The highest BCUT2D eigenvalue weighted by atomic mass is 14.9. The van der Waals surface area contributed by atoms with Crippen molar-refractivity contribution in [3.63, 3.8) is 0 Å². The van der Waals surface area contributed by atoms with Crippen molar-refractivity contribution in [1.29, 1.82) is 0 Å². The van der Waals surface area contributed by atoms with Crippen LogP contribution in [0.1, 0.15) is 16.8 Å². The predicted octanol–water partition coefficient (Wildman–Crippen LogP) is 2.46. The summed E-state index contributed by atoms with van der Waals surface area (Å²) in [5, 5.41) is 3.37. The quantitative estimate of drug-likeness (QED) is 0.843. The molecule has 88 valence electrons. The summed E-state index contributed by atoms with van der Waals surface area (Å²) >= 11 is 0. The van der Waals surface area contributed by atoms with Crippen LogP contribution in [0.4, 0.5) is 5.69 Å². The first-order chi connectivity index (χ1) is 8.29. The fourth-order valence-corrected chi connectivity index (χ4v) is 1.68. The lowest BCUT2D eigenvalue weighted by molar-refractivity contribution is 0.939. The first-order valence-electron chi connectivity index (χ1n) is 5.73. The van der Waals surface area contributed by atoms with Gasteiger partial charge in [0.1, 0.15) is 0 Å². The molecule has 1 heterocycles. The van der Waals surface area contributed by atoms with Crippen LogP contribution < -0.4 is 11.1 Å². The maximum atomic E-state index is 5.65. The van der Waals surface area contributed by atoms with E-state index in [4.69, 9.17) is 5.73 Å². The number of rotatable bonds is 4. The fraction of sp³-hybridized carbons (Fsp3) is 0.214. The zero-order valence-corrected chi connectivity index (χ0v) is 9.98. The summed E-state index contributed by atoms with van der Waals surface area (Å²) in [6, 6.07) is 12.3. The molecule has 3 heteroatoms. The van der Waals surface area contributed by atoms with Gasteiger partial charge in [0.2, 0.25) is 0 Å². The lowest BCUT2D eigenvalue weighted by Gasteiger charge is -2.09. The van der Waals surface area contributed by atoms with E-state index in [9.17, 15) is 0 Å². The predicted molar refractivity (Wildman–Crippen MR) is 70.6 cm³/mol. The van der Waals surface area contributed by atoms with Crippen LogP contribution in [0, 0.1) is 6.92 Å². The third-order valence-electron chi connectivity index (χ3n) is 2.71. The van der Waals surface area contributed by atoms with Gasteiger partial charge in [-0.3, -0.25) is 4.98 Å². The molecule has 17 heavy (non-hydrogen) atoms. The fourth-order valence-electron chi connectivity index (χ4n) is 1.68. The van der Waals surface area contributed by atoms with E-state index in [1.807, 2.05) is 6.07 Å². The van der Waals surface area contributed by atoms with Crippen LogP contribution in [0.3, 0.4) is 0 Å². The Morgan fingerprint density at radius 3 is 2.65 bits per heavy atom. The Morgan fingerprint density at radius 2 is 1.94 bits per heavy atom. The minimum Gasteiger partial charge on any atom is -0.381 e. The van der Waals surface area contributed by atoms with Crippen molar-refractivity contribution < 1.29 is 0 Å². The molecule has 0 spiro atoms. The average molecular weight is 227 g/mol. The number of anilines is 1. The molecule has 0 saturated carbocycles. The summed E-state index contributed by atoms with van der Waals surface area (Å²) < 4.78 is 0. The van der Waals surface area contributed by atoms with Gasteiger partial charge in [-0.1, -0.05) is 23.8 Å². The van der Waals surface area contributed by atoms with E-state index in [-0.39, 0.29) is 0 Å². The van der Waals surface area contributed by atoms with E-state index in [2.05, 4.69) is 47.6 Å². The largest absolute Gasteiger partial charge is 0.381 e. The Balaban J connectivity index is 2.04. The normalized spacial score (nSPS) is 10.2. The van der Waals surface area contributed by atoms with Crippen molar-refractivity contribution in [3.8, 4) is 0 Å². The highest BCUT2D eigenvalue weighted by Crippen LogP contribution is 2.11. The maximum absolute atomic E-state index is 5.65. The Bertz CT molecular complexity index is 477. The van der Waals surface area contributed by atoms with Gasteiger partial charge >= 0.3 is 0 Å². The van der Waals surface area contributed by atoms with E-state index in [1.165, 1.54) is 5.56 Å². The van der Waals surface area contributed by atoms with Crippen LogP contribution in [0.5, 0.6) is 0 Å². The smallest absolute Gasteiger partial charge is 0.0589 e. The topological polar surface area (TPSA) is 50.9 Å². The van der Waals surface area contributed by atoms with Gasteiger partial charge in [-0.15, -0.1) is 0 Å². The molecule has 0 fully saturated rings. The summed E-state index contributed by atoms with van der Waals surface area (Å²) in [7, 11) is 0. The Labute approximate surface area is 102 Å². The molecule has 3 N–H and O–H groups in total. The highest BCUT2D eigenvalue weighted by Gasteiger charge is 2.00. The van der Waals surface area contributed by atoms with Gasteiger partial charge in [0.15, 0.2) is 0 Å². The third kappa shape index (κ3) is 3.04. The number of benzene rings is 1. The van der Waals surface area contributed by atoms with E-state index in [1.54, 1.807) is 6.20 Å². The highest BCUT2D eigenvalue weighted by molar-refractivity contribution is 5.45. The molecule has 0 bridgehead atoms.